The molecule has 0 spiro atoms. The van der Waals surface area contributed by atoms with Crippen LogP contribution in [0.1, 0.15) is 32.6 Å². The Balaban J connectivity index is 1.99. The number of imide groups is 1. The Bertz CT molecular complexity index is 484. The van der Waals surface area contributed by atoms with Crippen LogP contribution in [0.2, 0.25) is 0 Å². The quantitative estimate of drug-likeness (QED) is 0.618. The van der Waals surface area contributed by atoms with E-state index in [1.165, 1.54) is 6.92 Å². The van der Waals surface area contributed by atoms with Crippen molar-refractivity contribution in [1.82, 2.24) is 15.5 Å². The first kappa shape index (κ1) is 15.3. The van der Waals surface area contributed by atoms with Crippen molar-refractivity contribution in [2.75, 3.05) is 13.1 Å². The number of nitrogens with one attached hydrogen (secondary N) is 2. The molecule has 3 N–H and O–H groups in total. The van der Waals surface area contributed by atoms with Crippen molar-refractivity contribution in [1.29, 1.82) is 0 Å². The molecule has 8 nitrogen and oxygen atoms in total. The van der Waals surface area contributed by atoms with E-state index in [2.05, 4.69) is 10.6 Å². The summed E-state index contributed by atoms with van der Waals surface area (Å²) in [7, 11) is 0. The van der Waals surface area contributed by atoms with Crippen LogP contribution in [0.3, 0.4) is 0 Å². The van der Waals surface area contributed by atoms with E-state index in [4.69, 9.17) is 0 Å². The summed E-state index contributed by atoms with van der Waals surface area (Å²) in [6.45, 7) is 1.32. The number of carbonyl (C=O) groups excluding carboxylic acids is 3. The van der Waals surface area contributed by atoms with Crippen LogP contribution in [0, 0.1) is 5.41 Å². The van der Waals surface area contributed by atoms with Crippen LogP contribution in [-0.4, -0.2) is 53.0 Å². The number of amides is 4. The zero-order valence-corrected chi connectivity index (χ0v) is 11.8. The van der Waals surface area contributed by atoms with Gasteiger partial charge in [0.1, 0.15) is 12.6 Å². The predicted molar refractivity (Wildman–Crippen MR) is 71.3 cm³/mol. The maximum atomic E-state index is 12.1. The molecule has 1 aliphatic carbocycles. The third-order valence-electron chi connectivity index (χ3n) is 4.28. The number of carboxylic acid groups (broad SMARTS) is 1. The van der Waals surface area contributed by atoms with Crippen molar-refractivity contribution in [3.05, 3.63) is 0 Å². The molecule has 1 atom stereocenters. The summed E-state index contributed by atoms with van der Waals surface area (Å²) >= 11 is 0. The minimum absolute atomic E-state index is 0.0141. The number of carbonyl (C=O) groups is 4. The average molecular weight is 297 g/mol. The molecule has 2 rings (SSSR count). The van der Waals surface area contributed by atoms with Crippen LogP contribution in [0.25, 0.3) is 0 Å². The van der Waals surface area contributed by atoms with Gasteiger partial charge >= 0.3 is 12.0 Å². The van der Waals surface area contributed by atoms with Crippen LogP contribution in [-0.2, 0) is 14.4 Å². The van der Waals surface area contributed by atoms with Crippen LogP contribution < -0.4 is 10.6 Å². The summed E-state index contributed by atoms with van der Waals surface area (Å²) in [6.07, 6.45) is 2.70. The van der Waals surface area contributed by atoms with E-state index in [0.29, 0.717) is 12.8 Å². The van der Waals surface area contributed by atoms with Crippen molar-refractivity contribution >= 4 is 23.8 Å². The summed E-state index contributed by atoms with van der Waals surface area (Å²) in [4.78, 5) is 47.4. The maximum absolute atomic E-state index is 12.1. The Hall–Kier alpha value is -2.12. The molecule has 0 bridgehead atoms. The first-order valence-corrected chi connectivity index (χ1v) is 6.97. The first-order valence-electron chi connectivity index (χ1n) is 6.97. The zero-order valence-electron chi connectivity index (χ0n) is 11.8. The molecule has 1 saturated heterocycles. The largest absolute Gasteiger partial charge is 0.481 e. The van der Waals surface area contributed by atoms with Crippen LogP contribution in [0.5, 0.6) is 0 Å². The van der Waals surface area contributed by atoms with E-state index in [0.717, 1.165) is 17.7 Å². The molecule has 21 heavy (non-hydrogen) atoms. The minimum atomic E-state index is -0.930. The second-order valence-corrected chi connectivity index (χ2v) is 5.67. The Morgan fingerprint density at radius 1 is 1.38 bits per heavy atom. The first-order chi connectivity index (χ1) is 9.85. The van der Waals surface area contributed by atoms with Gasteiger partial charge in [-0.3, -0.25) is 19.7 Å². The van der Waals surface area contributed by atoms with E-state index in [1.807, 2.05) is 0 Å². The second-order valence-electron chi connectivity index (χ2n) is 5.67. The number of rotatable bonds is 3. The van der Waals surface area contributed by atoms with Crippen molar-refractivity contribution < 1.29 is 24.3 Å². The SMILES string of the molecule is CC1C(=O)NC(=O)CN1C(=O)NCC1(C(=O)O)CCCC1. The number of urea groups is 1. The van der Waals surface area contributed by atoms with E-state index >= 15 is 0 Å². The maximum Gasteiger partial charge on any atom is 0.318 e. The lowest BCUT2D eigenvalue weighted by Gasteiger charge is -2.33. The molecular weight excluding hydrogens is 278 g/mol. The van der Waals surface area contributed by atoms with Gasteiger partial charge in [0.25, 0.3) is 0 Å². The molecule has 1 heterocycles. The van der Waals surface area contributed by atoms with Gasteiger partial charge in [0.05, 0.1) is 5.41 Å². The molecule has 1 unspecified atom stereocenters. The highest BCUT2D eigenvalue weighted by atomic mass is 16.4. The summed E-state index contributed by atoms with van der Waals surface area (Å²) in [5.41, 5.74) is -0.930. The number of hydrogen-bond donors (Lipinski definition) is 3. The van der Waals surface area contributed by atoms with Crippen LogP contribution in [0.4, 0.5) is 4.79 Å². The lowest BCUT2D eigenvalue weighted by molar-refractivity contribution is -0.148. The van der Waals surface area contributed by atoms with Gasteiger partial charge in [-0.1, -0.05) is 12.8 Å². The molecule has 1 saturated carbocycles. The van der Waals surface area contributed by atoms with Gasteiger partial charge in [-0.2, -0.15) is 0 Å². The Morgan fingerprint density at radius 2 is 2.00 bits per heavy atom. The summed E-state index contributed by atoms with van der Waals surface area (Å²) in [6, 6.07) is -1.34. The van der Waals surface area contributed by atoms with Gasteiger partial charge < -0.3 is 15.3 Å². The number of aliphatic carboxylic acids is 1. The van der Waals surface area contributed by atoms with E-state index in [-0.39, 0.29) is 13.1 Å². The van der Waals surface area contributed by atoms with E-state index in [9.17, 15) is 24.3 Å². The van der Waals surface area contributed by atoms with Gasteiger partial charge in [-0.25, -0.2) is 4.79 Å². The molecule has 0 radical (unpaired) electrons. The van der Waals surface area contributed by atoms with Crippen LogP contribution >= 0.6 is 0 Å². The molecule has 0 aromatic carbocycles. The van der Waals surface area contributed by atoms with Gasteiger partial charge in [0.2, 0.25) is 11.8 Å². The highest BCUT2D eigenvalue weighted by Gasteiger charge is 2.42. The molecular formula is C13H19N3O5. The smallest absolute Gasteiger partial charge is 0.318 e. The fourth-order valence-electron chi connectivity index (χ4n) is 2.83. The highest BCUT2D eigenvalue weighted by Crippen LogP contribution is 2.37. The Labute approximate surface area is 121 Å². The number of nitrogens with zero attached hydrogens (tertiary/aromatic N) is 1. The summed E-state index contributed by atoms with van der Waals surface area (Å²) < 4.78 is 0. The third kappa shape index (κ3) is 2.98. The minimum Gasteiger partial charge on any atom is -0.481 e. The van der Waals surface area contributed by atoms with Crippen molar-refractivity contribution in [3.63, 3.8) is 0 Å². The molecule has 0 aromatic heterocycles. The fraction of sp³-hybridized carbons (Fsp3) is 0.692. The summed E-state index contributed by atoms with van der Waals surface area (Å²) in [5, 5.41) is 14.0. The zero-order chi connectivity index (χ0) is 15.6. The monoisotopic (exact) mass is 297 g/mol. The van der Waals surface area contributed by atoms with E-state index < -0.39 is 35.3 Å². The molecule has 2 aliphatic rings. The molecule has 1 aliphatic heterocycles. The fourth-order valence-corrected chi connectivity index (χ4v) is 2.83. The number of hydrogen-bond acceptors (Lipinski definition) is 4. The molecule has 4 amide bonds. The topological polar surface area (TPSA) is 116 Å². The summed E-state index contributed by atoms with van der Waals surface area (Å²) in [5.74, 6) is -1.99. The number of carboxylic acids is 1. The molecule has 8 heteroatoms. The van der Waals surface area contributed by atoms with Gasteiger partial charge in [0, 0.05) is 6.54 Å². The lowest BCUT2D eigenvalue weighted by Crippen LogP contribution is -2.61. The number of piperazine rings is 1. The lowest BCUT2D eigenvalue weighted by atomic mass is 9.86. The third-order valence-corrected chi connectivity index (χ3v) is 4.28. The van der Waals surface area contributed by atoms with Gasteiger partial charge in [-0.15, -0.1) is 0 Å². The van der Waals surface area contributed by atoms with Gasteiger partial charge in [0.15, 0.2) is 0 Å². The Morgan fingerprint density at radius 3 is 2.57 bits per heavy atom. The van der Waals surface area contributed by atoms with Crippen molar-refractivity contribution in [2.24, 2.45) is 5.41 Å². The second kappa shape index (κ2) is 5.71. The van der Waals surface area contributed by atoms with Crippen molar-refractivity contribution in [2.45, 2.75) is 38.6 Å². The highest BCUT2D eigenvalue weighted by molar-refractivity contribution is 6.03. The van der Waals surface area contributed by atoms with Crippen LogP contribution in [0.15, 0.2) is 0 Å². The van der Waals surface area contributed by atoms with Crippen molar-refractivity contribution in [3.8, 4) is 0 Å². The Kier molecular flexibility index (Phi) is 4.15. The standard InChI is InChI=1S/C13H19N3O5/c1-8-10(18)15-9(17)6-16(8)12(21)14-7-13(11(19)20)4-2-3-5-13/h8H,2-7H2,1H3,(H,14,21)(H,19,20)(H,15,17,18). The molecule has 2 fully saturated rings. The average Bonchev–Trinajstić information content (AvgIpc) is 2.90. The molecule has 0 aromatic rings. The molecule has 116 valence electrons. The van der Waals surface area contributed by atoms with Gasteiger partial charge in [-0.05, 0) is 19.8 Å². The van der Waals surface area contributed by atoms with E-state index in [1.54, 1.807) is 0 Å². The predicted octanol–water partition coefficient (Wildman–Crippen LogP) is -0.312. The normalized spacial score (nSPS) is 24.6.